The summed E-state index contributed by atoms with van der Waals surface area (Å²) in [7, 11) is 0. The van der Waals surface area contributed by atoms with E-state index in [1.807, 2.05) is 44.2 Å². The minimum Gasteiger partial charge on any atom is -0.457 e. The zero-order chi connectivity index (χ0) is 27.1. The SMILES string of the molecule is CC(=O)O[C@@H]1/C=C/[C@@](C)(O)C(=O)[C@H](C)C/C=C/[C@H]2[C@H](O)C(C)=C(C)C3[C@H](Cc4ccccc4)NC(=O)[C@@]312. The van der Waals surface area contributed by atoms with Gasteiger partial charge in [0.25, 0.3) is 0 Å². The predicted octanol–water partition coefficient (Wildman–Crippen LogP) is 3.06. The minimum absolute atomic E-state index is 0.314. The van der Waals surface area contributed by atoms with Crippen LogP contribution in [0.1, 0.15) is 46.6 Å². The van der Waals surface area contributed by atoms with E-state index in [0.717, 1.165) is 16.7 Å². The van der Waals surface area contributed by atoms with E-state index in [-0.39, 0.29) is 17.7 Å². The van der Waals surface area contributed by atoms with Crippen molar-refractivity contribution in [1.82, 2.24) is 5.32 Å². The Morgan fingerprint density at radius 1 is 1.14 bits per heavy atom. The molecule has 7 heteroatoms. The van der Waals surface area contributed by atoms with Gasteiger partial charge in [-0.15, -0.1) is 0 Å². The van der Waals surface area contributed by atoms with Crippen LogP contribution in [0, 0.1) is 23.2 Å². The van der Waals surface area contributed by atoms with E-state index < -0.39 is 46.9 Å². The molecule has 1 aromatic carbocycles. The maximum Gasteiger partial charge on any atom is 0.303 e. The summed E-state index contributed by atoms with van der Waals surface area (Å²) < 4.78 is 5.82. The second-order valence-corrected chi connectivity index (χ2v) is 11.0. The molecule has 1 spiro atoms. The molecule has 1 aliphatic heterocycles. The van der Waals surface area contributed by atoms with Crippen molar-refractivity contribution in [2.45, 2.75) is 71.3 Å². The molecule has 1 unspecified atom stereocenters. The minimum atomic E-state index is -1.82. The number of amides is 1. The molecular weight excluding hydrogens is 470 g/mol. The van der Waals surface area contributed by atoms with Crippen LogP contribution in [-0.4, -0.2) is 51.7 Å². The maximum absolute atomic E-state index is 14.2. The maximum atomic E-state index is 14.2. The fourth-order valence-electron chi connectivity index (χ4n) is 6.54. The molecule has 37 heavy (non-hydrogen) atoms. The third-order valence-corrected chi connectivity index (χ3v) is 8.49. The van der Waals surface area contributed by atoms with Crippen molar-refractivity contribution in [3.63, 3.8) is 0 Å². The van der Waals surface area contributed by atoms with Gasteiger partial charge in [0, 0.05) is 30.7 Å². The summed E-state index contributed by atoms with van der Waals surface area (Å²) >= 11 is 0. The number of carbonyl (C=O) groups is 3. The highest BCUT2D eigenvalue weighted by Crippen LogP contribution is 2.57. The lowest BCUT2D eigenvalue weighted by Gasteiger charge is -2.49. The zero-order valence-corrected chi connectivity index (χ0v) is 22.1. The molecular formula is C30H37NO6. The van der Waals surface area contributed by atoms with Crippen molar-refractivity contribution in [3.8, 4) is 0 Å². The Balaban J connectivity index is 1.96. The number of hydrogen-bond donors (Lipinski definition) is 3. The van der Waals surface area contributed by atoms with E-state index in [4.69, 9.17) is 4.74 Å². The molecule has 198 valence electrons. The second kappa shape index (κ2) is 10.0. The number of aliphatic hydroxyl groups excluding tert-OH is 1. The lowest BCUT2D eigenvalue weighted by Crippen LogP contribution is -2.58. The summed E-state index contributed by atoms with van der Waals surface area (Å²) in [5, 5.41) is 25.7. The summed E-state index contributed by atoms with van der Waals surface area (Å²) in [6, 6.07) is 9.52. The van der Waals surface area contributed by atoms with Gasteiger partial charge in [-0.2, -0.15) is 0 Å². The summed E-state index contributed by atoms with van der Waals surface area (Å²) in [5.41, 5.74) is -0.500. The third kappa shape index (κ3) is 4.59. The van der Waals surface area contributed by atoms with Crippen LogP contribution in [0.5, 0.6) is 0 Å². The smallest absolute Gasteiger partial charge is 0.303 e. The molecule has 0 aromatic heterocycles. The van der Waals surface area contributed by atoms with Crippen molar-refractivity contribution in [3.05, 3.63) is 71.3 Å². The first kappa shape index (κ1) is 27.0. The van der Waals surface area contributed by atoms with Gasteiger partial charge >= 0.3 is 5.97 Å². The van der Waals surface area contributed by atoms with Crippen LogP contribution in [-0.2, 0) is 25.5 Å². The highest BCUT2D eigenvalue weighted by Gasteiger charge is 2.67. The summed E-state index contributed by atoms with van der Waals surface area (Å²) in [6.45, 7) is 8.20. The molecule has 1 saturated heterocycles. The standard InChI is InChI=1S/C30H37NO6/c1-17-10-9-13-22-26(33)19(3)18(2)25-23(16-21-11-7-6-8-12-21)31-28(35)30(22,25)24(37-20(4)32)14-15-29(5,36)27(17)34/h6-9,11-15,17,22-26,33,36H,10,16H2,1-5H3,(H,31,35)/b13-9+,15-14+/t17-,22+,23+,24-,25?,26-,29-,30-/m1/s1. The Labute approximate surface area is 218 Å². The number of esters is 1. The predicted molar refractivity (Wildman–Crippen MR) is 139 cm³/mol. The van der Waals surface area contributed by atoms with Gasteiger partial charge in [0.15, 0.2) is 5.78 Å². The molecule has 0 bridgehead atoms. The molecule has 0 saturated carbocycles. The first-order valence-electron chi connectivity index (χ1n) is 12.9. The largest absolute Gasteiger partial charge is 0.457 e. The molecule has 2 aliphatic carbocycles. The van der Waals surface area contributed by atoms with Gasteiger partial charge < -0.3 is 20.3 Å². The number of nitrogens with one attached hydrogen (secondary N) is 1. The Kier molecular flexibility index (Phi) is 7.32. The van der Waals surface area contributed by atoms with Crippen molar-refractivity contribution in [2.24, 2.45) is 23.2 Å². The molecule has 3 N–H and O–H groups in total. The van der Waals surface area contributed by atoms with E-state index in [1.54, 1.807) is 19.1 Å². The van der Waals surface area contributed by atoms with Gasteiger partial charge in [0.1, 0.15) is 17.1 Å². The lowest BCUT2D eigenvalue weighted by atomic mass is 9.54. The van der Waals surface area contributed by atoms with Crippen LogP contribution in [0.4, 0.5) is 0 Å². The Morgan fingerprint density at radius 3 is 2.46 bits per heavy atom. The van der Waals surface area contributed by atoms with Crippen LogP contribution >= 0.6 is 0 Å². The van der Waals surface area contributed by atoms with Gasteiger partial charge in [-0.1, -0.05) is 55.0 Å². The van der Waals surface area contributed by atoms with Crippen LogP contribution < -0.4 is 5.32 Å². The quantitative estimate of drug-likeness (QED) is 0.428. The van der Waals surface area contributed by atoms with E-state index >= 15 is 0 Å². The molecule has 1 fully saturated rings. The van der Waals surface area contributed by atoms with Crippen molar-refractivity contribution in [2.75, 3.05) is 0 Å². The first-order chi connectivity index (χ1) is 17.4. The third-order valence-electron chi connectivity index (χ3n) is 8.49. The zero-order valence-electron chi connectivity index (χ0n) is 22.1. The van der Waals surface area contributed by atoms with Crippen LogP contribution in [0.2, 0.25) is 0 Å². The number of benzene rings is 1. The monoisotopic (exact) mass is 507 g/mol. The van der Waals surface area contributed by atoms with Crippen LogP contribution in [0.25, 0.3) is 0 Å². The average Bonchev–Trinajstić information content (AvgIpc) is 3.13. The van der Waals surface area contributed by atoms with E-state index in [1.165, 1.54) is 26.0 Å². The topological polar surface area (TPSA) is 113 Å². The van der Waals surface area contributed by atoms with Gasteiger partial charge in [0.05, 0.1) is 6.10 Å². The van der Waals surface area contributed by atoms with Crippen molar-refractivity contribution in [1.29, 1.82) is 0 Å². The second-order valence-electron chi connectivity index (χ2n) is 11.0. The molecule has 7 nitrogen and oxygen atoms in total. The number of aliphatic hydroxyl groups is 2. The van der Waals surface area contributed by atoms with Gasteiger partial charge in [-0.3, -0.25) is 14.4 Å². The van der Waals surface area contributed by atoms with E-state index in [9.17, 15) is 24.6 Å². The lowest BCUT2D eigenvalue weighted by molar-refractivity contribution is -0.161. The molecule has 3 aliphatic rings. The number of rotatable bonds is 3. The Bertz CT molecular complexity index is 1170. The number of ether oxygens (including phenoxy) is 1. The molecule has 1 aromatic rings. The summed E-state index contributed by atoms with van der Waals surface area (Å²) in [5.74, 6) is -2.92. The fraction of sp³-hybridized carbons (Fsp3) is 0.500. The number of ketones is 1. The van der Waals surface area contributed by atoms with Gasteiger partial charge in [-0.05, 0) is 56.9 Å². The average molecular weight is 508 g/mol. The van der Waals surface area contributed by atoms with E-state index in [0.29, 0.717) is 12.8 Å². The van der Waals surface area contributed by atoms with Crippen LogP contribution in [0.3, 0.4) is 0 Å². The van der Waals surface area contributed by atoms with Crippen molar-refractivity contribution >= 4 is 17.7 Å². The molecule has 4 rings (SSSR count). The summed E-state index contributed by atoms with van der Waals surface area (Å²) in [6.07, 6.45) is 5.17. The highest BCUT2D eigenvalue weighted by molar-refractivity contribution is 5.91. The Morgan fingerprint density at radius 2 is 1.81 bits per heavy atom. The molecule has 0 radical (unpaired) electrons. The summed E-state index contributed by atoms with van der Waals surface area (Å²) in [4.78, 5) is 39.5. The molecule has 1 amide bonds. The van der Waals surface area contributed by atoms with E-state index in [2.05, 4.69) is 5.32 Å². The Hall–Kier alpha value is -3.03. The van der Waals surface area contributed by atoms with Gasteiger partial charge in [0.2, 0.25) is 5.91 Å². The number of allylic oxidation sites excluding steroid dienone is 1. The fourth-order valence-corrected chi connectivity index (χ4v) is 6.54. The number of hydrogen-bond acceptors (Lipinski definition) is 6. The van der Waals surface area contributed by atoms with Crippen molar-refractivity contribution < 1.29 is 29.3 Å². The number of Topliss-reactive ketones (excluding diaryl/α,β-unsaturated/α-hetero) is 1. The molecule has 8 atom stereocenters. The normalized spacial score (nSPS) is 39.6. The first-order valence-corrected chi connectivity index (χ1v) is 12.9. The highest BCUT2D eigenvalue weighted by atomic mass is 16.5. The van der Waals surface area contributed by atoms with Gasteiger partial charge in [-0.25, -0.2) is 0 Å². The van der Waals surface area contributed by atoms with Crippen LogP contribution in [0.15, 0.2) is 65.8 Å². The number of carbonyl (C=O) groups excluding carboxylic acids is 3. The molecule has 1 heterocycles.